The molecule has 3 heterocycles. The summed E-state index contributed by atoms with van der Waals surface area (Å²) in [6.45, 7) is 3.29. The number of hydrogen-bond acceptors (Lipinski definition) is 5. The van der Waals surface area contributed by atoms with Crippen LogP contribution in [-0.2, 0) is 16.0 Å². The van der Waals surface area contributed by atoms with Crippen molar-refractivity contribution in [2.45, 2.75) is 31.5 Å². The van der Waals surface area contributed by atoms with Gasteiger partial charge in [-0.05, 0) is 36.5 Å². The van der Waals surface area contributed by atoms with E-state index in [1.807, 2.05) is 11.1 Å². The van der Waals surface area contributed by atoms with E-state index in [2.05, 4.69) is 27.8 Å². The van der Waals surface area contributed by atoms with Crippen molar-refractivity contribution in [3.05, 3.63) is 24.0 Å². The molecule has 1 saturated carbocycles. The number of allylic oxidation sites excluding steroid dienone is 2. The Hall–Kier alpha value is -1.93. The minimum Gasteiger partial charge on any atom is -0.377 e. The number of nitrogens with one attached hydrogen (secondary N) is 1. The van der Waals surface area contributed by atoms with Gasteiger partial charge in [-0.2, -0.15) is 0 Å². The monoisotopic (exact) mass is 373 g/mol. The van der Waals surface area contributed by atoms with Gasteiger partial charge in [0.1, 0.15) is 17.8 Å². The topological polar surface area (TPSA) is 81.5 Å². The first-order valence-electron chi connectivity index (χ1n) is 9.95. The third kappa shape index (κ3) is 3.04. The predicted molar refractivity (Wildman–Crippen MR) is 96.8 cm³/mol. The molecule has 6 atom stereocenters. The van der Waals surface area contributed by atoms with E-state index < -0.39 is 0 Å². The Labute approximate surface area is 158 Å². The number of fused-ring (bicyclic) bond motifs is 1. The fraction of sp³-hybridized carbons (Fsp3) is 0.737. The van der Waals surface area contributed by atoms with Crippen molar-refractivity contribution >= 4 is 6.03 Å². The maximum atomic E-state index is 12.7. The normalized spacial score (nSPS) is 37.0. The number of urea groups is 1. The van der Waals surface area contributed by atoms with Crippen LogP contribution >= 0.6 is 0 Å². The van der Waals surface area contributed by atoms with Crippen LogP contribution < -0.4 is 5.32 Å². The van der Waals surface area contributed by atoms with E-state index in [1.54, 1.807) is 11.8 Å². The van der Waals surface area contributed by atoms with Crippen molar-refractivity contribution in [1.82, 2.24) is 25.2 Å². The third-order valence-corrected chi connectivity index (χ3v) is 6.86. The second-order valence-corrected chi connectivity index (χ2v) is 8.25. The molecule has 3 fully saturated rings. The number of ether oxygens (including phenoxy) is 2. The number of carbonyl (C=O) groups is 1. The molecular formula is C19H27N5O3. The van der Waals surface area contributed by atoms with Crippen molar-refractivity contribution in [2.75, 3.05) is 33.4 Å². The third-order valence-electron chi connectivity index (χ3n) is 6.86. The van der Waals surface area contributed by atoms with Gasteiger partial charge in [-0.15, -0.1) is 5.10 Å². The van der Waals surface area contributed by atoms with E-state index in [0.29, 0.717) is 43.4 Å². The Kier molecular flexibility index (Phi) is 4.40. The molecule has 146 valence electrons. The molecule has 6 rings (SSSR count). The molecule has 0 radical (unpaired) electrons. The Balaban J connectivity index is 1.16. The average Bonchev–Trinajstić information content (AvgIpc) is 3.45. The lowest BCUT2D eigenvalue weighted by Crippen LogP contribution is -2.38. The van der Waals surface area contributed by atoms with Crippen LogP contribution in [0.3, 0.4) is 0 Å². The lowest BCUT2D eigenvalue weighted by molar-refractivity contribution is 0.0661. The van der Waals surface area contributed by atoms with Gasteiger partial charge in [-0.1, -0.05) is 17.4 Å². The Bertz CT molecular complexity index is 713. The minimum absolute atomic E-state index is 0.00827. The molecule has 4 unspecified atom stereocenters. The number of aromatic nitrogens is 3. The lowest BCUT2D eigenvalue weighted by atomic mass is 9.64. The lowest BCUT2D eigenvalue weighted by Gasteiger charge is -2.40. The Morgan fingerprint density at radius 2 is 2.00 bits per heavy atom. The summed E-state index contributed by atoms with van der Waals surface area (Å²) in [6.07, 6.45) is 9.21. The molecule has 2 saturated heterocycles. The van der Waals surface area contributed by atoms with Crippen LogP contribution in [0.1, 0.15) is 24.6 Å². The van der Waals surface area contributed by atoms with E-state index in [0.717, 1.165) is 18.8 Å². The number of methoxy groups -OCH3 is 1. The van der Waals surface area contributed by atoms with Gasteiger partial charge in [0.15, 0.2) is 0 Å². The maximum Gasteiger partial charge on any atom is 0.317 e. The molecule has 0 spiro atoms. The standard InChI is InChI=1S/C19H27N5O3/c1-26-18-11-27-10-17(18)24-7-14(21-22-24)6-20-19(25)23-8-15-12-2-3-13(5-4-12)16(15)9-23/h2-3,7,12-13,15-18H,4-6,8-11H2,1H3,(H,20,25)/t12?,13?,15?,16?,17-,18-/m1/s1. The number of likely N-dealkylation sites (tertiary alicyclic amines) is 1. The van der Waals surface area contributed by atoms with Gasteiger partial charge >= 0.3 is 6.03 Å². The molecule has 1 N–H and O–H groups in total. The van der Waals surface area contributed by atoms with Crippen molar-refractivity contribution in [2.24, 2.45) is 23.7 Å². The summed E-state index contributed by atoms with van der Waals surface area (Å²) in [4.78, 5) is 14.6. The van der Waals surface area contributed by atoms with Crippen LogP contribution in [0.25, 0.3) is 0 Å². The highest BCUT2D eigenvalue weighted by Gasteiger charge is 2.46. The molecule has 8 nitrogen and oxygen atoms in total. The second kappa shape index (κ2) is 6.91. The van der Waals surface area contributed by atoms with Crippen molar-refractivity contribution in [3.63, 3.8) is 0 Å². The first-order chi connectivity index (χ1) is 13.2. The molecule has 1 aromatic heterocycles. The fourth-order valence-corrected chi connectivity index (χ4v) is 5.33. The minimum atomic E-state index is -0.00827. The fourth-order valence-electron chi connectivity index (χ4n) is 5.33. The molecule has 1 aromatic rings. The summed E-state index contributed by atoms with van der Waals surface area (Å²) < 4.78 is 12.7. The number of amides is 2. The van der Waals surface area contributed by atoms with Crippen molar-refractivity contribution in [1.29, 1.82) is 0 Å². The van der Waals surface area contributed by atoms with Crippen LogP contribution in [0.4, 0.5) is 4.79 Å². The van der Waals surface area contributed by atoms with E-state index in [4.69, 9.17) is 9.47 Å². The second-order valence-electron chi connectivity index (χ2n) is 8.25. The van der Waals surface area contributed by atoms with Crippen LogP contribution in [0, 0.1) is 23.7 Å². The molecule has 3 aliphatic carbocycles. The summed E-state index contributed by atoms with van der Waals surface area (Å²) in [7, 11) is 1.68. The SMILES string of the molecule is CO[C@@H]1COC[C@H]1n1cc(CNC(=O)N2CC3C4C=CC(CC4)C3C2)nn1. The average molecular weight is 373 g/mol. The zero-order valence-corrected chi connectivity index (χ0v) is 15.7. The van der Waals surface area contributed by atoms with Gasteiger partial charge in [0, 0.05) is 20.2 Å². The number of nitrogens with zero attached hydrogens (tertiary/aromatic N) is 4. The summed E-state index contributed by atoms with van der Waals surface area (Å²) in [5.74, 6) is 2.63. The van der Waals surface area contributed by atoms with Gasteiger partial charge in [0.05, 0.1) is 26.0 Å². The molecule has 2 bridgehead atoms. The van der Waals surface area contributed by atoms with E-state index in [-0.39, 0.29) is 18.2 Å². The molecule has 0 aromatic carbocycles. The van der Waals surface area contributed by atoms with E-state index >= 15 is 0 Å². The summed E-state index contributed by atoms with van der Waals surface area (Å²) in [5, 5.41) is 11.4. The summed E-state index contributed by atoms with van der Waals surface area (Å²) in [5.41, 5.74) is 0.753. The van der Waals surface area contributed by atoms with Crippen LogP contribution in [-0.4, -0.2) is 65.4 Å². The van der Waals surface area contributed by atoms with Gasteiger partial charge in [-0.25, -0.2) is 9.48 Å². The highest BCUT2D eigenvalue weighted by molar-refractivity contribution is 5.74. The highest BCUT2D eigenvalue weighted by Crippen LogP contribution is 2.48. The molecular weight excluding hydrogens is 346 g/mol. The number of rotatable bonds is 4. The molecule has 5 aliphatic rings. The van der Waals surface area contributed by atoms with Crippen molar-refractivity contribution < 1.29 is 14.3 Å². The van der Waals surface area contributed by atoms with Gasteiger partial charge in [0.25, 0.3) is 0 Å². The number of carbonyl (C=O) groups excluding carboxylic acids is 1. The molecule has 27 heavy (non-hydrogen) atoms. The van der Waals surface area contributed by atoms with Crippen LogP contribution in [0.15, 0.2) is 18.3 Å². The largest absolute Gasteiger partial charge is 0.377 e. The Morgan fingerprint density at radius 3 is 2.67 bits per heavy atom. The predicted octanol–water partition coefficient (Wildman–Crippen LogP) is 1.22. The maximum absolute atomic E-state index is 12.7. The van der Waals surface area contributed by atoms with Gasteiger partial charge in [0.2, 0.25) is 0 Å². The van der Waals surface area contributed by atoms with E-state index in [1.165, 1.54) is 12.8 Å². The van der Waals surface area contributed by atoms with Crippen molar-refractivity contribution in [3.8, 4) is 0 Å². The number of hydrogen-bond donors (Lipinski definition) is 1. The zero-order valence-electron chi connectivity index (χ0n) is 15.7. The van der Waals surface area contributed by atoms with Gasteiger partial charge in [-0.3, -0.25) is 0 Å². The highest BCUT2D eigenvalue weighted by atomic mass is 16.5. The summed E-state index contributed by atoms with van der Waals surface area (Å²) in [6, 6.07) is 0.0500. The molecule has 2 aliphatic heterocycles. The molecule has 2 amide bonds. The molecule has 8 heteroatoms. The smallest absolute Gasteiger partial charge is 0.317 e. The quantitative estimate of drug-likeness (QED) is 0.803. The zero-order chi connectivity index (χ0) is 18.4. The van der Waals surface area contributed by atoms with Crippen LogP contribution in [0.5, 0.6) is 0 Å². The van der Waals surface area contributed by atoms with E-state index in [9.17, 15) is 4.79 Å². The summed E-state index contributed by atoms with van der Waals surface area (Å²) >= 11 is 0. The first kappa shape index (κ1) is 17.2. The van der Waals surface area contributed by atoms with Gasteiger partial charge < -0.3 is 19.7 Å². The van der Waals surface area contributed by atoms with Crippen LogP contribution in [0.2, 0.25) is 0 Å². The first-order valence-corrected chi connectivity index (χ1v) is 9.95. The Morgan fingerprint density at radius 1 is 1.26 bits per heavy atom.